The zero-order valence-electron chi connectivity index (χ0n) is 18.6. The minimum Gasteiger partial charge on any atom is -0.350 e. The molecule has 162 valence electrons. The summed E-state index contributed by atoms with van der Waals surface area (Å²) in [4.78, 5) is 28.0. The molecule has 1 aliphatic rings. The van der Waals surface area contributed by atoms with Crippen molar-refractivity contribution in [1.29, 1.82) is 0 Å². The maximum Gasteiger partial charge on any atom is 0.278 e. The molecule has 0 radical (unpaired) electrons. The number of hydrogen-bond donors (Lipinski definition) is 1. The molecule has 0 unspecified atom stereocenters. The number of carbonyl (C=O) groups is 2. The number of halogens is 1. The van der Waals surface area contributed by atoms with Crippen LogP contribution in [0.5, 0.6) is 0 Å². The molecule has 0 bridgehead atoms. The highest BCUT2D eigenvalue weighted by Gasteiger charge is 2.39. The van der Waals surface area contributed by atoms with E-state index in [1.807, 2.05) is 64.1 Å². The van der Waals surface area contributed by atoms with E-state index in [0.717, 1.165) is 32.8 Å². The predicted molar refractivity (Wildman–Crippen MR) is 124 cm³/mol. The van der Waals surface area contributed by atoms with Gasteiger partial charge in [-0.1, -0.05) is 42.5 Å². The molecule has 3 aromatic rings. The first-order valence-corrected chi connectivity index (χ1v) is 10.5. The Hall–Kier alpha value is -3.73. The van der Waals surface area contributed by atoms with Crippen molar-refractivity contribution < 1.29 is 14.0 Å². The molecule has 4 nitrogen and oxygen atoms in total. The standard InChI is InChI=1S/C27H25FN2O2/c1-16-11-17(2)13-22(12-16)29-25-24(20-10-9-18(3)19(4)14-20)26(31)30(27(25)32)15-21-7-5-6-8-23(21)28/h5-14,29H,15H2,1-4H3. The smallest absolute Gasteiger partial charge is 0.278 e. The van der Waals surface area contributed by atoms with Gasteiger partial charge in [0.05, 0.1) is 12.1 Å². The summed E-state index contributed by atoms with van der Waals surface area (Å²) < 4.78 is 14.3. The second-order valence-electron chi connectivity index (χ2n) is 8.34. The summed E-state index contributed by atoms with van der Waals surface area (Å²) in [6.45, 7) is 7.78. The van der Waals surface area contributed by atoms with Crippen LogP contribution in [0.1, 0.15) is 33.4 Å². The first-order chi connectivity index (χ1) is 15.2. The van der Waals surface area contributed by atoms with E-state index in [0.29, 0.717) is 16.7 Å². The summed E-state index contributed by atoms with van der Waals surface area (Å²) >= 11 is 0. The number of hydrogen-bond acceptors (Lipinski definition) is 3. The monoisotopic (exact) mass is 428 g/mol. The van der Waals surface area contributed by atoms with Gasteiger partial charge in [-0.2, -0.15) is 0 Å². The second kappa shape index (κ2) is 8.42. The quantitative estimate of drug-likeness (QED) is 0.550. The number of nitrogens with one attached hydrogen (secondary N) is 1. The number of anilines is 1. The van der Waals surface area contributed by atoms with Crippen LogP contribution in [0.3, 0.4) is 0 Å². The van der Waals surface area contributed by atoms with Gasteiger partial charge < -0.3 is 5.32 Å². The molecule has 2 amide bonds. The Morgan fingerprint density at radius 1 is 0.812 bits per heavy atom. The van der Waals surface area contributed by atoms with Crippen molar-refractivity contribution in [2.45, 2.75) is 34.2 Å². The Morgan fingerprint density at radius 3 is 2.16 bits per heavy atom. The normalized spacial score (nSPS) is 13.8. The summed E-state index contributed by atoms with van der Waals surface area (Å²) in [5.41, 5.74) is 6.39. The van der Waals surface area contributed by atoms with Gasteiger partial charge >= 0.3 is 0 Å². The van der Waals surface area contributed by atoms with Gasteiger partial charge in [0.2, 0.25) is 0 Å². The minimum atomic E-state index is -0.467. The lowest BCUT2D eigenvalue weighted by molar-refractivity contribution is -0.137. The average Bonchev–Trinajstić information content (AvgIpc) is 2.95. The van der Waals surface area contributed by atoms with Crippen LogP contribution in [0.4, 0.5) is 10.1 Å². The molecule has 0 spiro atoms. The maximum atomic E-state index is 14.3. The van der Waals surface area contributed by atoms with Crippen LogP contribution in [0.25, 0.3) is 5.57 Å². The molecule has 1 N–H and O–H groups in total. The third kappa shape index (κ3) is 4.06. The first kappa shape index (κ1) is 21.5. The van der Waals surface area contributed by atoms with Crippen LogP contribution in [-0.4, -0.2) is 16.7 Å². The Morgan fingerprint density at radius 2 is 1.50 bits per heavy atom. The van der Waals surface area contributed by atoms with Crippen LogP contribution in [0.15, 0.2) is 66.4 Å². The molecular weight excluding hydrogens is 403 g/mol. The molecule has 4 rings (SSSR count). The molecule has 0 atom stereocenters. The highest BCUT2D eigenvalue weighted by molar-refractivity contribution is 6.36. The minimum absolute atomic E-state index is 0.128. The van der Waals surface area contributed by atoms with E-state index in [9.17, 15) is 14.0 Å². The summed E-state index contributed by atoms with van der Waals surface area (Å²) in [5.74, 6) is -1.35. The van der Waals surface area contributed by atoms with E-state index in [2.05, 4.69) is 5.32 Å². The van der Waals surface area contributed by atoms with Gasteiger partial charge in [-0.05, 0) is 73.7 Å². The van der Waals surface area contributed by atoms with Crippen molar-refractivity contribution >= 4 is 23.1 Å². The molecule has 5 heteroatoms. The summed E-state index contributed by atoms with van der Waals surface area (Å²) in [6.07, 6.45) is 0. The zero-order chi connectivity index (χ0) is 23.0. The van der Waals surface area contributed by atoms with Gasteiger partial charge in [-0.25, -0.2) is 4.39 Å². The lowest BCUT2D eigenvalue weighted by Gasteiger charge is -2.16. The molecule has 1 aliphatic heterocycles. The maximum absolute atomic E-state index is 14.3. The molecule has 3 aromatic carbocycles. The van der Waals surface area contributed by atoms with Gasteiger partial charge in [0.25, 0.3) is 11.8 Å². The lowest BCUT2D eigenvalue weighted by Crippen LogP contribution is -2.32. The van der Waals surface area contributed by atoms with Crippen LogP contribution in [0, 0.1) is 33.5 Å². The van der Waals surface area contributed by atoms with Crippen molar-refractivity contribution in [2.75, 3.05) is 5.32 Å². The average molecular weight is 429 g/mol. The fraction of sp³-hybridized carbons (Fsp3) is 0.185. The molecule has 1 heterocycles. The van der Waals surface area contributed by atoms with Crippen LogP contribution in [-0.2, 0) is 16.1 Å². The number of benzene rings is 3. The fourth-order valence-corrected chi connectivity index (χ4v) is 3.99. The second-order valence-corrected chi connectivity index (χ2v) is 8.34. The van der Waals surface area contributed by atoms with Crippen molar-refractivity contribution in [2.24, 2.45) is 0 Å². The zero-order valence-corrected chi connectivity index (χ0v) is 18.6. The third-order valence-corrected chi connectivity index (χ3v) is 5.74. The molecule has 0 saturated carbocycles. The van der Waals surface area contributed by atoms with Crippen molar-refractivity contribution in [3.8, 4) is 0 Å². The molecule has 0 fully saturated rings. The highest BCUT2D eigenvalue weighted by Crippen LogP contribution is 2.33. The number of nitrogens with zero attached hydrogens (tertiary/aromatic N) is 1. The van der Waals surface area contributed by atoms with E-state index in [1.54, 1.807) is 18.2 Å². The van der Waals surface area contributed by atoms with Gasteiger partial charge in [0.1, 0.15) is 11.5 Å². The number of carbonyl (C=O) groups excluding carboxylic acids is 2. The van der Waals surface area contributed by atoms with Gasteiger partial charge in [0, 0.05) is 11.3 Å². The largest absolute Gasteiger partial charge is 0.350 e. The third-order valence-electron chi connectivity index (χ3n) is 5.74. The van der Waals surface area contributed by atoms with E-state index in [-0.39, 0.29) is 12.2 Å². The van der Waals surface area contributed by atoms with Crippen molar-refractivity contribution in [1.82, 2.24) is 4.90 Å². The van der Waals surface area contributed by atoms with Gasteiger partial charge in [-0.3, -0.25) is 14.5 Å². The Labute approximate surface area is 187 Å². The topological polar surface area (TPSA) is 49.4 Å². The Bertz CT molecular complexity index is 1260. The first-order valence-electron chi connectivity index (χ1n) is 10.5. The SMILES string of the molecule is Cc1cc(C)cc(NC2=C(c3ccc(C)c(C)c3)C(=O)N(Cc3ccccc3F)C2=O)c1. The Balaban J connectivity index is 1.80. The fourth-order valence-electron chi connectivity index (χ4n) is 3.99. The Kier molecular flexibility index (Phi) is 5.66. The van der Waals surface area contributed by atoms with Gasteiger partial charge in [-0.15, -0.1) is 0 Å². The lowest BCUT2D eigenvalue weighted by atomic mass is 9.99. The van der Waals surface area contributed by atoms with Crippen LogP contribution >= 0.6 is 0 Å². The molecule has 0 aliphatic carbocycles. The van der Waals surface area contributed by atoms with E-state index in [1.165, 1.54) is 6.07 Å². The molecule has 0 aromatic heterocycles. The van der Waals surface area contributed by atoms with Crippen LogP contribution in [0.2, 0.25) is 0 Å². The number of amides is 2. The van der Waals surface area contributed by atoms with Crippen molar-refractivity contribution in [3.05, 3.63) is 106 Å². The summed E-state index contributed by atoms with van der Waals surface area (Å²) in [6, 6.07) is 17.8. The molecular formula is C27H25FN2O2. The number of rotatable bonds is 5. The predicted octanol–water partition coefficient (Wildman–Crippen LogP) is 5.45. The van der Waals surface area contributed by atoms with E-state index in [4.69, 9.17) is 0 Å². The number of imide groups is 1. The van der Waals surface area contributed by atoms with Gasteiger partial charge in [0.15, 0.2) is 0 Å². The molecule has 0 saturated heterocycles. The van der Waals surface area contributed by atoms with E-state index < -0.39 is 17.6 Å². The van der Waals surface area contributed by atoms with E-state index >= 15 is 0 Å². The summed E-state index contributed by atoms with van der Waals surface area (Å²) in [5, 5.41) is 3.19. The highest BCUT2D eigenvalue weighted by atomic mass is 19.1. The summed E-state index contributed by atoms with van der Waals surface area (Å²) in [7, 11) is 0. The van der Waals surface area contributed by atoms with Crippen LogP contribution < -0.4 is 5.32 Å². The van der Waals surface area contributed by atoms with Crippen molar-refractivity contribution in [3.63, 3.8) is 0 Å². The molecule has 32 heavy (non-hydrogen) atoms. The number of aryl methyl sites for hydroxylation is 4.